The Labute approximate surface area is 249 Å². The zero-order valence-corrected chi connectivity index (χ0v) is 24.6. The van der Waals surface area contributed by atoms with Crippen molar-refractivity contribution in [1.82, 2.24) is 14.9 Å². The second-order valence-electron chi connectivity index (χ2n) is 11.3. The molecule has 12 heteroatoms. The van der Waals surface area contributed by atoms with Crippen molar-refractivity contribution in [1.29, 1.82) is 0 Å². The standard InChI is InChI=1S/C31H35FN8O3/c1-5-28(42)34-22-15-23(26(43-4)16-24(22)39-17-31(18-39)9-12-38(31)3)35-30-33-10-8-27(36-30)40(19-41)25-14-21(32)13-20-7-6-11-37(2)29(20)25/h5,8,10,13-16,19H,1,6-7,9,11-12,17-18H2,2-4H3,(H,34,42)(H,33,35,36). The summed E-state index contributed by atoms with van der Waals surface area (Å²) < 4.78 is 20.4. The molecule has 4 heterocycles. The molecule has 2 amide bonds. The fourth-order valence-electron chi connectivity index (χ4n) is 6.24. The van der Waals surface area contributed by atoms with Crippen LogP contribution in [0.5, 0.6) is 5.75 Å². The number of fused-ring (bicyclic) bond motifs is 1. The van der Waals surface area contributed by atoms with Gasteiger partial charge in [-0.05, 0) is 56.1 Å². The summed E-state index contributed by atoms with van der Waals surface area (Å²) in [5, 5.41) is 6.09. The SMILES string of the molecule is C=CC(=O)Nc1cc(Nc2nccc(N(C=O)c3cc(F)cc4c3N(C)CCC4)n2)c(OC)cc1N1CC2(CCN2C)C1. The summed E-state index contributed by atoms with van der Waals surface area (Å²) in [6.45, 7) is 7.17. The van der Waals surface area contributed by atoms with Gasteiger partial charge in [0.25, 0.3) is 0 Å². The van der Waals surface area contributed by atoms with Crippen LogP contribution in [-0.2, 0) is 16.0 Å². The van der Waals surface area contributed by atoms with Crippen LogP contribution in [0.4, 0.5) is 44.6 Å². The predicted molar refractivity (Wildman–Crippen MR) is 166 cm³/mol. The van der Waals surface area contributed by atoms with Crippen LogP contribution in [0.1, 0.15) is 18.4 Å². The molecule has 2 aromatic carbocycles. The van der Waals surface area contributed by atoms with Gasteiger partial charge < -0.3 is 25.2 Å². The number of ether oxygens (including phenoxy) is 1. The maximum atomic E-state index is 14.6. The van der Waals surface area contributed by atoms with E-state index >= 15 is 0 Å². The summed E-state index contributed by atoms with van der Waals surface area (Å²) in [6, 6.07) is 8.11. The van der Waals surface area contributed by atoms with E-state index in [2.05, 4.69) is 44.0 Å². The maximum absolute atomic E-state index is 14.6. The van der Waals surface area contributed by atoms with E-state index in [-0.39, 0.29) is 23.2 Å². The predicted octanol–water partition coefficient (Wildman–Crippen LogP) is 4.06. The number of methoxy groups -OCH3 is 1. The molecule has 224 valence electrons. The Bertz CT molecular complexity index is 1590. The number of nitrogens with one attached hydrogen (secondary N) is 2. The zero-order chi connectivity index (χ0) is 30.3. The second-order valence-corrected chi connectivity index (χ2v) is 11.3. The number of hydrogen-bond donors (Lipinski definition) is 2. The first-order valence-corrected chi connectivity index (χ1v) is 14.2. The van der Waals surface area contributed by atoms with Gasteiger partial charge in [0.05, 0.1) is 41.1 Å². The lowest BCUT2D eigenvalue weighted by Gasteiger charge is -2.62. The summed E-state index contributed by atoms with van der Waals surface area (Å²) >= 11 is 0. The fourth-order valence-corrected chi connectivity index (χ4v) is 6.24. The summed E-state index contributed by atoms with van der Waals surface area (Å²) in [5.41, 5.74) is 4.18. The van der Waals surface area contributed by atoms with E-state index in [1.165, 1.54) is 29.3 Å². The Kier molecular flexibility index (Phi) is 7.38. The number of hydrogen-bond acceptors (Lipinski definition) is 9. The van der Waals surface area contributed by atoms with Crippen LogP contribution in [0, 0.1) is 5.82 Å². The first kappa shape index (κ1) is 28.4. The summed E-state index contributed by atoms with van der Waals surface area (Å²) in [4.78, 5) is 41.7. The number of aromatic nitrogens is 2. The van der Waals surface area contributed by atoms with Gasteiger partial charge in [-0.25, -0.2) is 9.37 Å². The van der Waals surface area contributed by atoms with Gasteiger partial charge in [-0.1, -0.05) is 6.58 Å². The molecule has 0 aliphatic carbocycles. The van der Waals surface area contributed by atoms with Crippen molar-refractivity contribution in [2.24, 2.45) is 0 Å². The Morgan fingerprint density at radius 1 is 1.19 bits per heavy atom. The van der Waals surface area contributed by atoms with Gasteiger partial charge in [-0.3, -0.25) is 19.4 Å². The van der Waals surface area contributed by atoms with E-state index < -0.39 is 5.82 Å². The number of carbonyl (C=O) groups is 2. The lowest BCUT2D eigenvalue weighted by Crippen LogP contribution is -2.76. The number of nitrogens with zero attached hydrogens (tertiary/aromatic N) is 6. The van der Waals surface area contributed by atoms with Crippen LogP contribution >= 0.6 is 0 Å². The van der Waals surface area contributed by atoms with Gasteiger partial charge in [0, 0.05) is 51.6 Å². The molecule has 11 nitrogen and oxygen atoms in total. The Morgan fingerprint density at radius 2 is 2.00 bits per heavy atom. The first-order valence-electron chi connectivity index (χ1n) is 14.2. The van der Waals surface area contributed by atoms with Gasteiger partial charge in [-0.2, -0.15) is 4.98 Å². The number of carbonyl (C=O) groups excluding carboxylic acids is 2. The second kappa shape index (κ2) is 11.2. The molecule has 3 aromatic rings. The van der Waals surface area contributed by atoms with Crippen LogP contribution in [0.2, 0.25) is 0 Å². The average Bonchev–Trinajstić information content (AvgIpc) is 2.97. The highest BCUT2D eigenvalue weighted by atomic mass is 19.1. The van der Waals surface area contributed by atoms with Crippen LogP contribution in [0.3, 0.4) is 0 Å². The molecule has 0 saturated carbocycles. The normalized spacial score (nSPS) is 16.9. The Balaban J connectivity index is 1.32. The van der Waals surface area contributed by atoms with Gasteiger partial charge in [-0.15, -0.1) is 0 Å². The van der Waals surface area contributed by atoms with Crippen molar-refractivity contribution in [3.63, 3.8) is 0 Å². The minimum Gasteiger partial charge on any atom is -0.494 e. The molecular weight excluding hydrogens is 551 g/mol. The maximum Gasteiger partial charge on any atom is 0.247 e. The van der Waals surface area contributed by atoms with E-state index in [0.29, 0.717) is 29.2 Å². The minimum atomic E-state index is -0.417. The molecule has 2 N–H and O–H groups in total. The number of likely N-dealkylation sites (N-methyl/N-ethyl adjacent to an activating group) is 1. The summed E-state index contributed by atoms with van der Waals surface area (Å²) in [5.74, 6) is 0.229. The fraction of sp³-hybridized carbons (Fsp3) is 0.355. The van der Waals surface area contributed by atoms with Crippen LogP contribution in [0.15, 0.2) is 49.2 Å². The van der Waals surface area contributed by atoms with Crippen molar-refractivity contribution in [2.75, 3.05) is 72.7 Å². The summed E-state index contributed by atoms with van der Waals surface area (Å²) in [6.07, 6.45) is 6.14. The molecule has 1 spiro atoms. The number of anilines is 7. The third-order valence-corrected chi connectivity index (χ3v) is 8.75. The molecule has 3 aliphatic heterocycles. The van der Waals surface area contributed by atoms with Crippen LogP contribution in [-0.4, -0.2) is 80.1 Å². The van der Waals surface area contributed by atoms with E-state index in [1.54, 1.807) is 19.2 Å². The number of likely N-dealkylation sites (tertiary alicyclic amines) is 1. The number of amides is 2. The third-order valence-electron chi connectivity index (χ3n) is 8.75. The molecule has 6 rings (SSSR count). The Hall–Kier alpha value is -4.71. The van der Waals surface area contributed by atoms with Gasteiger partial charge in [0.15, 0.2) is 0 Å². The van der Waals surface area contributed by atoms with Crippen molar-refractivity contribution in [3.8, 4) is 5.75 Å². The molecule has 2 saturated heterocycles. The molecule has 2 fully saturated rings. The molecule has 0 unspecified atom stereocenters. The van der Waals surface area contributed by atoms with E-state index in [4.69, 9.17) is 4.74 Å². The molecule has 43 heavy (non-hydrogen) atoms. The van der Waals surface area contributed by atoms with Gasteiger partial charge in [0.2, 0.25) is 18.3 Å². The van der Waals surface area contributed by atoms with Gasteiger partial charge >= 0.3 is 0 Å². The molecule has 1 aromatic heterocycles. The minimum absolute atomic E-state index is 0.179. The molecule has 0 radical (unpaired) electrons. The third kappa shape index (κ3) is 5.11. The van der Waals surface area contributed by atoms with Crippen molar-refractivity contribution < 1.29 is 18.7 Å². The first-order chi connectivity index (χ1) is 20.7. The highest BCUT2D eigenvalue weighted by molar-refractivity contribution is 6.02. The average molecular weight is 587 g/mol. The number of benzene rings is 2. The van der Waals surface area contributed by atoms with Crippen LogP contribution < -0.4 is 30.1 Å². The lowest BCUT2D eigenvalue weighted by atomic mass is 9.77. The molecular formula is C31H35FN8O3. The zero-order valence-electron chi connectivity index (χ0n) is 24.6. The highest BCUT2D eigenvalue weighted by Gasteiger charge is 2.52. The van der Waals surface area contributed by atoms with E-state index in [0.717, 1.165) is 62.4 Å². The lowest BCUT2D eigenvalue weighted by molar-refractivity contribution is -0.112. The number of aryl methyl sites for hydroxylation is 1. The topological polar surface area (TPSA) is 106 Å². The summed E-state index contributed by atoms with van der Waals surface area (Å²) in [7, 11) is 5.63. The van der Waals surface area contributed by atoms with Crippen molar-refractivity contribution >= 4 is 52.5 Å². The molecule has 3 aliphatic rings. The van der Waals surface area contributed by atoms with Gasteiger partial charge in [0.1, 0.15) is 17.4 Å². The van der Waals surface area contributed by atoms with Crippen molar-refractivity contribution in [3.05, 3.63) is 60.6 Å². The van der Waals surface area contributed by atoms with Crippen molar-refractivity contribution in [2.45, 2.75) is 24.8 Å². The molecule has 0 bridgehead atoms. The van der Waals surface area contributed by atoms with E-state index in [9.17, 15) is 14.0 Å². The highest BCUT2D eigenvalue weighted by Crippen LogP contribution is 2.46. The molecule has 0 atom stereocenters. The number of rotatable bonds is 9. The Morgan fingerprint density at radius 3 is 2.67 bits per heavy atom. The smallest absolute Gasteiger partial charge is 0.247 e. The van der Waals surface area contributed by atoms with E-state index in [1.807, 2.05) is 18.0 Å². The largest absolute Gasteiger partial charge is 0.494 e. The number of halogens is 1. The van der Waals surface area contributed by atoms with Crippen LogP contribution in [0.25, 0.3) is 0 Å². The monoisotopic (exact) mass is 586 g/mol. The quantitative estimate of drug-likeness (QED) is 0.284.